The fraction of sp³-hybridized carbons (Fsp3) is 0.200. The van der Waals surface area contributed by atoms with Crippen LogP contribution in [0.15, 0.2) is 42.5 Å². The number of nitrogens with one attached hydrogen (secondary N) is 1. The van der Waals surface area contributed by atoms with Crippen LogP contribution in [0.2, 0.25) is 5.02 Å². The lowest BCUT2D eigenvalue weighted by Gasteiger charge is -2.21. The van der Waals surface area contributed by atoms with E-state index in [9.17, 15) is 8.78 Å². The maximum absolute atomic E-state index is 14.0. The van der Waals surface area contributed by atoms with Crippen LogP contribution in [0.3, 0.4) is 0 Å². The van der Waals surface area contributed by atoms with E-state index in [0.29, 0.717) is 12.1 Å². The monoisotopic (exact) mass is 281 g/mol. The second-order valence-electron chi connectivity index (χ2n) is 4.15. The molecule has 2 aromatic carbocycles. The molecule has 0 aliphatic rings. The first-order valence-corrected chi connectivity index (χ1v) is 6.44. The molecular formula is C15H14ClF2N. The highest BCUT2D eigenvalue weighted by atomic mass is 35.5. The van der Waals surface area contributed by atoms with Gasteiger partial charge in [0.15, 0.2) is 0 Å². The molecule has 2 aromatic rings. The highest BCUT2D eigenvalue weighted by Gasteiger charge is 2.22. The van der Waals surface area contributed by atoms with Crippen LogP contribution in [-0.4, -0.2) is 6.54 Å². The van der Waals surface area contributed by atoms with Crippen LogP contribution in [-0.2, 0) is 0 Å². The Balaban J connectivity index is 2.55. The summed E-state index contributed by atoms with van der Waals surface area (Å²) in [5, 5.41) is 3.36. The van der Waals surface area contributed by atoms with E-state index in [1.54, 1.807) is 24.3 Å². The Kier molecular flexibility index (Phi) is 4.51. The molecule has 0 radical (unpaired) electrons. The first-order chi connectivity index (χ1) is 9.15. The van der Waals surface area contributed by atoms with Gasteiger partial charge in [-0.15, -0.1) is 0 Å². The van der Waals surface area contributed by atoms with Crippen molar-refractivity contribution in [1.82, 2.24) is 5.32 Å². The lowest BCUT2D eigenvalue weighted by atomic mass is 9.97. The summed E-state index contributed by atoms with van der Waals surface area (Å²) in [6, 6.07) is 10.2. The number of hydrogen-bond acceptors (Lipinski definition) is 1. The number of rotatable bonds is 4. The van der Waals surface area contributed by atoms with Crippen molar-refractivity contribution >= 4 is 11.6 Å². The first kappa shape index (κ1) is 14.0. The third kappa shape index (κ3) is 2.94. The molecule has 19 heavy (non-hydrogen) atoms. The molecule has 0 aromatic heterocycles. The Labute approximate surface area is 116 Å². The van der Waals surface area contributed by atoms with Gasteiger partial charge in [0.1, 0.15) is 11.6 Å². The van der Waals surface area contributed by atoms with Gasteiger partial charge < -0.3 is 5.32 Å². The second-order valence-corrected chi connectivity index (χ2v) is 4.55. The number of halogens is 3. The summed E-state index contributed by atoms with van der Waals surface area (Å²) >= 11 is 6.06. The molecule has 0 aliphatic heterocycles. The summed E-state index contributed by atoms with van der Waals surface area (Å²) in [7, 11) is 0. The zero-order chi connectivity index (χ0) is 13.8. The van der Waals surface area contributed by atoms with E-state index < -0.39 is 11.9 Å². The van der Waals surface area contributed by atoms with Gasteiger partial charge in [-0.2, -0.15) is 0 Å². The van der Waals surface area contributed by atoms with Gasteiger partial charge in [0.25, 0.3) is 0 Å². The van der Waals surface area contributed by atoms with E-state index in [1.807, 2.05) is 6.92 Å². The second kappa shape index (κ2) is 6.13. The van der Waals surface area contributed by atoms with Gasteiger partial charge in [-0.1, -0.05) is 42.8 Å². The predicted octanol–water partition coefficient (Wildman–Crippen LogP) is 4.32. The van der Waals surface area contributed by atoms with Crippen molar-refractivity contribution in [1.29, 1.82) is 0 Å². The summed E-state index contributed by atoms with van der Waals surface area (Å²) in [6.45, 7) is 2.45. The van der Waals surface area contributed by atoms with Crippen molar-refractivity contribution in [3.05, 3.63) is 70.2 Å². The van der Waals surface area contributed by atoms with Crippen LogP contribution in [0, 0.1) is 11.6 Å². The fourth-order valence-corrected chi connectivity index (χ4v) is 2.34. The van der Waals surface area contributed by atoms with E-state index in [1.165, 1.54) is 18.2 Å². The lowest BCUT2D eigenvalue weighted by Crippen LogP contribution is -2.24. The SMILES string of the molecule is CCNC(c1ccccc1F)c1c(F)cccc1Cl. The van der Waals surface area contributed by atoms with Crippen LogP contribution in [0.25, 0.3) is 0 Å². The number of benzene rings is 2. The van der Waals surface area contributed by atoms with E-state index in [2.05, 4.69) is 5.32 Å². The molecule has 0 heterocycles. The topological polar surface area (TPSA) is 12.0 Å². The summed E-state index contributed by atoms with van der Waals surface area (Å²) < 4.78 is 27.9. The normalized spacial score (nSPS) is 12.4. The van der Waals surface area contributed by atoms with E-state index >= 15 is 0 Å². The Morgan fingerprint density at radius 1 is 1.05 bits per heavy atom. The third-order valence-electron chi connectivity index (χ3n) is 2.91. The molecule has 0 spiro atoms. The molecule has 1 nitrogen and oxygen atoms in total. The van der Waals surface area contributed by atoms with Gasteiger partial charge in [-0.3, -0.25) is 0 Å². The van der Waals surface area contributed by atoms with Crippen molar-refractivity contribution in [2.24, 2.45) is 0 Å². The zero-order valence-electron chi connectivity index (χ0n) is 10.5. The molecule has 2 rings (SSSR count). The molecular weight excluding hydrogens is 268 g/mol. The van der Waals surface area contributed by atoms with Crippen LogP contribution < -0.4 is 5.32 Å². The average Bonchev–Trinajstić information content (AvgIpc) is 2.38. The zero-order valence-corrected chi connectivity index (χ0v) is 11.2. The summed E-state index contributed by atoms with van der Waals surface area (Å²) in [6.07, 6.45) is 0. The Morgan fingerprint density at radius 2 is 1.74 bits per heavy atom. The van der Waals surface area contributed by atoms with Crippen molar-refractivity contribution in [2.75, 3.05) is 6.54 Å². The van der Waals surface area contributed by atoms with Gasteiger partial charge in [0.2, 0.25) is 0 Å². The van der Waals surface area contributed by atoms with Gasteiger partial charge >= 0.3 is 0 Å². The Bertz CT molecular complexity index is 552. The van der Waals surface area contributed by atoms with Crippen molar-refractivity contribution in [3.63, 3.8) is 0 Å². The standard InChI is InChI=1S/C15H14ClF2N/c1-2-19-15(10-6-3-4-8-12(10)17)14-11(16)7-5-9-13(14)18/h3-9,15,19H,2H2,1H3. The van der Waals surface area contributed by atoms with Gasteiger partial charge in [0, 0.05) is 16.1 Å². The predicted molar refractivity (Wildman–Crippen MR) is 73.3 cm³/mol. The van der Waals surface area contributed by atoms with E-state index in [-0.39, 0.29) is 16.4 Å². The van der Waals surface area contributed by atoms with Crippen LogP contribution >= 0.6 is 11.6 Å². The molecule has 4 heteroatoms. The van der Waals surface area contributed by atoms with Crippen molar-refractivity contribution < 1.29 is 8.78 Å². The van der Waals surface area contributed by atoms with E-state index in [4.69, 9.17) is 11.6 Å². The number of hydrogen-bond donors (Lipinski definition) is 1. The maximum atomic E-state index is 14.0. The van der Waals surface area contributed by atoms with E-state index in [0.717, 1.165) is 0 Å². The van der Waals surface area contributed by atoms with Gasteiger partial charge in [-0.05, 0) is 24.7 Å². The van der Waals surface area contributed by atoms with Crippen LogP contribution in [0.1, 0.15) is 24.1 Å². The molecule has 0 fully saturated rings. The summed E-state index contributed by atoms with van der Waals surface area (Å²) in [4.78, 5) is 0. The van der Waals surface area contributed by atoms with Crippen molar-refractivity contribution in [2.45, 2.75) is 13.0 Å². The summed E-state index contributed by atoms with van der Waals surface area (Å²) in [5.41, 5.74) is 0.660. The third-order valence-corrected chi connectivity index (χ3v) is 3.24. The molecule has 1 unspecified atom stereocenters. The lowest BCUT2D eigenvalue weighted by molar-refractivity contribution is 0.531. The van der Waals surface area contributed by atoms with Crippen LogP contribution in [0.5, 0.6) is 0 Å². The minimum Gasteiger partial charge on any atom is -0.306 e. The molecule has 1 N–H and O–H groups in total. The molecule has 0 amide bonds. The highest BCUT2D eigenvalue weighted by Crippen LogP contribution is 2.31. The minimum absolute atomic E-state index is 0.274. The molecule has 0 saturated heterocycles. The maximum Gasteiger partial charge on any atom is 0.129 e. The van der Waals surface area contributed by atoms with Gasteiger partial charge in [-0.25, -0.2) is 8.78 Å². The van der Waals surface area contributed by atoms with Gasteiger partial charge in [0.05, 0.1) is 6.04 Å². The minimum atomic E-state index is -0.597. The first-order valence-electron chi connectivity index (χ1n) is 6.06. The Hall–Kier alpha value is -1.45. The quantitative estimate of drug-likeness (QED) is 0.880. The smallest absolute Gasteiger partial charge is 0.129 e. The molecule has 0 bridgehead atoms. The fourth-order valence-electron chi connectivity index (χ4n) is 2.07. The molecule has 1 atom stereocenters. The summed E-state index contributed by atoms with van der Waals surface area (Å²) in [5.74, 6) is -0.825. The molecule has 0 aliphatic carbocycles. The highest BCUT2D eigenvalue weighted by molar-refractivity contribution is 6.31. The largest absolute Gasteiger partial charge is 0.306 e. The Morgan fingerprint density at radius 3 is 2.37 bits per heavy atom. The molecule has 100 valence electrons. The molecule has 0 saturated carbocycles. The van der Waals surface area contributed by atoms with Crippen LogP contribution in [0.4, 0.5) is 8.78 Å². The van der Waals surface area contributed by atoms with Crippen molar-refractivity contribution in [3.8, 4) is 0 Å². The average molecular weight is 282 g/mol.